The number of allylic oxidation sites excluding steroid dienone is 5. The van der Waals surface area contributed by atoms with Gasteiger partial charge >= 0.3 is 0 Å². The molecular formula is C13H8BrNO. The van der Waals surface area contributed by atoms with Crippen LogP contribution in [0.1, 0.15) is 0 Å². The lowest BCUT2D eigenvalue weighted by Gasteiger charge is -2.17. The van der Waals surface area contributed by atoms with Crippen LogP contribution in [-0.2, 0) is 0 Å². The molecule has 0 radical (unpaired) electrons. The number of hydrogen-bond acceptors (Lipinski definition) is 2. The van der Waals surface area contributed by atoms with Gasteiger partial charge in [-0.15, -0.1) is 0 Å². The van der Waals surface area contributed by atoms with Crippen LogP contribution in [0.4, 0.5) is 5.69 Å². The molecule has 0 saturated heterocycles. The molecule has 2 nitrogen and oxygen atoms in total. The van der Waals surface area contributed by atoms with Crippen LogP contribution in [0.15, 0.2) is 63.8 Å². The molecule has 1 heterocycles. The van der Waals surface area contributed by atoms with Gasteiger partial charge in [0.05, 0.1) is 4.48 Å². The molecule has 78 valence electrons. The van der Waals surface area contributed by atoms with E-state index in [-0.39, 0.29) is 0 Å². The van der Waals surface area contributed by atoms with Crippen LogP contribution in [0.5, 0.6) is 5.75 Å². The minimum Gasteiger partial charge on any atom is -0.452 e. The van der Waals surface area contributed by atoms with Gasteiger partial charge in [0.15, 0.2) is 11.5 Å². The van der Waals surface area contributed by atoms with Crippen LogP contribution in [0.25, 0.3) is 0 Å². The van der Waals surface area contributed by atoms with E-state index in [4.69, 9.17) is 4.74 Å². The summed E-state index contributed by atoms with van der Waals surface area (Å²) in [6, 6.07) is 7.76. The Morgan fingerprint density at radius 3 is 2.81 bits per heavy atom. The molecule has 16 heavy (non-hydrogen) atoms. The van der Waals surface area contributed by atoms with Gasteiger partial charge in [0.2, 0.25) is 0 Å². The molecule has 0 fully saturated rings. The topological polar surface area (TPSA) is 21.6 Å². The molecule has 0 unspecified atom stereocenters. The Balaban J connectivity index is 2.21. The number of ether oxygens (including phenoxy) is 1. The number of aliphatic imine (C=N–C) groups is 1. The van der Waals surface area contributed by atoms with Crippen molar-refractivity contribution in [2.24, 2.45) is 4.99 Å². The third-order valence-corrected chi connectivity index (χ3v) is 3.00. The quantitative estimate of drug-likeness (QED) is 0.703. The van der Waals surface area contributed by atoms with Gasteiger partial charge < -0.3 is 4.74 Å². The SMILES string of the molecule is BrC1=C2Oc3ccccc3N=C2C=CC=C1. The van der Waals surface area contributed by atoms with E-state index in [2.05, 4.69) is 20.9 Å². The summed E-state index contributed by atoms with van der Waals surface area (Å²) in [5.41, 5.74) is 1.71. The second-order valence-electron chi connectivity index (χ2n) is 3.46. The molecule has 0 atom stereocenters. The number of rotatable bonds is 0. The van der Waals surface area contributed by atoms with Gasteiger partial charge in [-0.3, -0.25) is 0 Å². The summed E-state index contributed by atoms with van der Waals surface area (Å²) >= 11 is 3.48. The third-order valence-electron chi connectivity index (χ3n) is 2.38. The molecule has 1 aromatic carbocycles. The van der Waals surface area contributed by atoms with Crippen molar-refractivity contribution in [2.75, 3.05) is 0 Å². The number of nitrogens with zero attached hydrogens (tertiary/aromatic N) is 1. The molecule has 0 N–H and O–H groups in total. The Kier molecular flexibility index (Phi) is 2.26. The van der Waals surface area contributed by atoms with Crippen molar-refractivity contribution in [3.63, 3.8) is 0 Å². The fourth-order valence-electron chi connectivity index (χ4n) is 1.63. The maximum absolute atomic E-state index is 5.83. The van der Waals surface area contributed by atoms with Gasteiger partial charge in [0.1, 0.15) is 11.4 Å². The third kappa shape index (κ3) is 1.53. The molecule has 0 aromatic heterocycles. The van der Waals surface area contributed by atoms with Gasteiger partial charge in [-0.05, 0) is 40.2 Å². The number of fused-ring (bicyclic) bond motifs is 2. The monoisotopic (exact) mass is 273 g/mol. The zero-order chi connectivity index (χ0) is 11.0. The zero-order valence-electron chi connectivity index (χ0n) is 8.35. The fourth-order valence-corrected chi connectivity index (χ4v) is 2.06. The molecule has 1 aliphatic heterocycles. The first-order valence-corrected chi connectivity index (χ1v) is 5.74. The van der Waals surface area contributed by atoms with E-state index in [1.165, 1.54) is 0 Å². The number of hydrogen-bond donors (Lipinski definition) is 0. The van der Waals surface area contributed by atoms with Crippen LogP contribution in [-0.4, -0.2) is 5.71 Å². The molecule has 1 aliphatic carbocycles. The van der Waals surface area contributed by atoms with Gasteiger partial charge in [0.25, 0.3) is 0 Å². The summed E-state index contributed by atoms with van der Waals surface area (Å²) in [6.07, 6.45) is 7.79. The molecule has 0 spiro atoms. The van der Waals surface area contributed by atoms with Crippen molar-refractivity contribution < 1.29 is 4.74 Å². The summed E-state index contributed by atoms with van der Waals surface area (Å²) in [5, 5.41) is 0. The fraction of sp³-hybridized carbons (Fsp3) is 0. The molecule has 3 heteroatoms. The van der Waals surface area contributed by atoms with Crippen molar-refractivity contribution in [2.45, 2.75) is 0 Å². The van der Waals surface area contributed by atoms with E-state index in [9.17, 15) is 0 Å². The van der Waals surface area contributed by atoms with E-state index in [1.807, 2.05) is 48.6 Å². The summed E-state index contributed by atoms with van der Waals surface area (Å²) in [4.78, 5) is 4.55. The average Bonchev–Trinajstić information content (AvgIpc) is 2.49. The Bertz CT molecular complexity index is 567. The number of para-hydroxylation sites is 2. The normalized spacial score (nSPS) is 17.2. The molecule has 3 rings (SSSR count). The smallest absolute Gasteiger partial charge is 0.167 e. The highest BCUT2D eigenvalue weighted by Gasteiger charge is 2.19. The van der Waals surface area contributed by atoms with E-state index >= 15 is 0 Å². The summed E-state index contributed by atoms with van der Waals surface area (Å²) < 4.78 is 6.74. The standard InChI is InChI=1S/C13H8BrNO/c14-9-5-1-2-7-11-13(9)16-12-8-4-3-6-10(12)15-11/h1-8H. The lowest BCUT2D eigenvalue weighted by Crippen LogP contribution is -2.11. The second kappa shape index (κ2) is 3.76. The predicted octanol–water partition coefficient (Wildman–Crippen LogP) is 3.88. The lowest BCUT2D eigenvalue weighted by atomic mass is 10.2. The Hall–Kier alpha value is -1.61. The van der Waals surface area contributed by atoms with Crippen LogP contribution < -0.4 is 4.74 Å². The van der Waals surface area contributed by atoms with Gasteiger partial charge in [-0.2, -0.15) is 0 Å². The van der Waals surface area contributed by atoms with Crippen molar-refractivity contribution in [3.8, 4) is 5.75 Å². The minimum atomic E-state index is 0.767. The second-order valence-corrected chi connectivity index (χ2v) is 4.32. The molecule has 2 aliphatic rings. The summed E-state index contributed by atoms with van der Waals surface area (Å²) in [5.74, 6) is 1.56. The van der Waals surface area contributed by atoms with Crippen molar-refractivity contribution in [3.05, 3.63) is 58.8 Å². The molecule has 0 amide bonds. The average molecular weight is 274 g/mol. The van der Waals surface area contributed by atoms with E-state index in [1.54, 1.807) is 0 Å². The molecule has 1 aromatic rings. The maximum Gasteiger partial charge on any atom is 0.167 e. The molecule has 0 bridgehead atoms. The van der Waals surface area contributed by atoms with Gasteiger partial charge in [0, 0.05) is 0 Å². The lowest BCUT2D eigenvalue weighted by molar-refractivity contribution is 0.450. The number of halogens is 1. The van der Waals surface area contributed by atoms with Crippen LogP contribution in [0.2, 0.25) is 0 Å². The Morgan fingerprint density at radius 1 is 1.06 bits per heavy atom. The van der Waals surface area contributed by atoms with E-state index in [0.717, 1.165) is 27.4 Å². The van der Waals surface area contributed by atoms with Gasteiger partial charge in [-0.1, -0.05) is 24.3 Å². The maximum atomic E-state index is 5.83. The Labute approximate surface area is 102 Å². The van der Waals surface area contributed by atoms with Gasteiger partial charge in [-0.25, -0.2) is 4.99 Å². The highest BCUT2D eigenvalue weighted by Crippen LogP contribution is 2.35. The molecular weight excluding hydrogens is 266 g/mol. The highest BCUT2D eigenvalue weighted by atomic mass is 79.9. The largest absolute Gasteiger partial charge is 0.452 e. The Morgan fingerprint density at radius 2 is 1.88 bits per heavy atom. The first-order chi connectivity index (χ1) is 7.84. The van der Waals surface area contributed by atoms with Crippen molar-refractivity contribution in [1.29, 1.82) is 0 Å². The first kappa shape index (κ1) is 9.60. The molecule has 0 saturated carbocycles. The first-order valence-electron chi connectivity index (χ1n) is 4.95. The number of benzene rings is 1. The highest BCUT2D eigenvalue weighted by molar-refractivity contribution is 9.11. The minimum absolute atomic E-state index is 0.767. The predicted molar refractivity (Wildman–Crippen MR) is 68.4 cm³/mol. The van der Waals surface area contributed by atoms with Crippen molar-refractivity contribution in [1.82, 2.24) is 0 Å². The van der Waals surface area contributed by atoms with Crippen LogP contribution >= 0.6 is 15.9 Å². The van der Waals surface area contributed by atoms with Crippen LogP contribution in [0.3, 0.4) is 0 Å². The van der Waals surface area contributed by atoms with E-state index in [0.29, 0.717) is 0 Å². The van der Waals surface area contributed by atoms with Crippen LogP contribution in [0, 0.1) is 0 Å². The summed E-state index contributed by atoms with van der Waals surface area (Å²) in [6.45, 7) is 0. The summed E-state index contributed by atoms with van der Waals surface area (Å²) in [7, 11) is 0. The zero-order valence-corrected chi connectivity index (χ0v) is 9.94. The van der Waals surface area contributed by atoms with E-state index < -0.39 is 0 Å². The van der Waals surface area contributed by atoms with Crippen molar-refractivity contribution >= 4 is 27.3 Å².